The molecule has 0 spiro atoms. The van der Waals surface area contributed by atoms with E-state index in [-0.39, 0.29) is 11.7 Å². The maximum atomic E-state index is 13.5. The molecule has 5 nitrogen and oxygen atoms in total. The highest BCUT2D eigenvalue weighted by Crippen LogP contribution is 2.34. The second-order valence-corrected chi connectivity index (χ2v) is 8.94. The molecular formula is C25H31FN4O. The molecule has 0 radical (unpaired) electrons. The van der Waals surface area contributed by atoms with Gasteiger partial charge in [-0.15, -0.1) is 0 Å². The van der Waals surface area contributed by atoms with Gasteiger partial charge in [0.25, 0.3) is 5.91 Å². The van der Waals surface area contributed by atoms with Gasteiger partial charge in [-0.05, 0) is 55.3 Å². The molecule has 0 unspecified atom stereocenters. The highest BCUT2D eigenvalue weighted by Gasteiger charge is 2.31. The van der Waals surface area contributed by atoms with Gasteiger partial charge in [-0.1, -0.05) is 24.3 Å². The average molecular weight is 423 g/mol. The zero-order valence-corrected chi connectivity index (χ0v) is 18.1. The zero-order valence-electron chi connectivity index (χ0n) is 18.1. The Balaban J connectivity index is 1.17. The van der Waals surface area contributed by atoms with E-state index in [4.69, 9.17) is 0 Å². The predicted octanol–water partition coefficient (Wildman–Crippen LogP) is 2.85. The summed E-state index contributed by atoms with van der Waals surface area (Å²) in [5, 5.41) is 0. The Hall–Kier alpha value is -2.44. The van der Waals surface area contributed by atoms with E-state index in [0.717, 1.165) is 89.4 Å². The molecule has 164 valence electrons. The lowest BCUT2D eigenvalue weighted by molar-refractivity contribution is 0.0747. The first-order chi connectivity index (χ1) is 15.2. The van der Waals surface area contributed by atoms with Crippen molar-refractivity contribution in [2.45, 2.75) is 19.4 Å². The van der Waals surface area contributed by atoms with Crippen LogP contribution in [0.3, 0.4) is 0 Å². The first-order valence-corrected chi connectivity index (χ1v) is 11.5. The van der Waals surface area contributed by atoms with Gasteiger partial charge in [-0.25, -0.2) is 4.39 Å². The summed E-state index contributed by atoms with van der Waals surface area (Å²) < 4.78 is 13.5. The number of halogens is 1. The Morgan fingerprint density at radius 3 is 2.58 bits per heavy atom. The first-order valence-electron chi connectivity index (χ1n) is 11.5. The molecule has 3 heterocycles. The predicted molar refractivity (Wildman–Crippen MR) is 121 cm³/mol. The van der Waals surface area contributed by atoms with E-state index >= 15 is 0 Å². The van der Waals surface area contributed by atoms with E-state index in [1.165, 1.54) is 17.3 Å². The van der Waals surface area contributed by atoms with Crippen LogP contribution in [0.15, 0.2) is 42.5 Å². The number of benzene rings is 2. The highest BCUT2D eigenvalue weighted by molar-refractivity contribution is 6.01. The second-order valence-electron chi connectivity index (χ2n) is 8.94. The standard InChI is InChI=1S/C25H31FN4O/c26-22-6-1-4-20(18-22)19-28-10-3-9-27(12-13-28)14-15-30-17-16-29-11-8-21-5-2-7-23(24(21)29)25(30)31/h1-2,4-7,18H,3,8-17,19H2. The van der Waals surface area contributed by atoms with Gasteiger partial charge in [0.1, 0.15) is 5.82 Å². The Bertz CT molecular complexity index is 949. The summed E-state index contributed by atoms with van der Waals surface area (Å²) in [6, 6.07) is 13.1. The highest BCUT2D eigenvalue weighted by atomic mass is 19.1. The van der Waals surface area contributed by atoms with Gasteiger partial charge in [0.05, 0.1) is 11.3 Å². The molecule has 5 rings (SSSR count). The Labute approximate surface area is 184 Å². The van der Waals surface area contributed by atoms with E-state index in [9.17, 15) is 9.18 Å². The van der Waals surface area contributed by atoms with Crippen molar-refractivity contribution in [3.8, 4) is 0 Å². The van der Waals surface area contributed by atoms with Gasteiger partial charge in [0.2, 0.25) is 0 Å². The molecule has 3 aliphatic rings. The van der Waals surface area contributed by atoms with Gasteiger partial charge >= 0.3 is 0 Å². The van der Waals surface area contributed by atoms with Gasteiger partial charge in [-0.2, -0.15) is 0 Å². The molecule has 0 atom stereocenters. The lowest BCUT2D eigenvalue weighted by Crippen LogP contribution is -2.41. The van der Waals surface area contributed by atoms with Crippen LogP contribution in [-0.2, 0) is 13.0 Å². The lowest BCUT2D eigenvalue weighted by atomic mass is 10.1. The summed E-state index contributed by atoms with van der Waals surface area (Å²) in [4.78, 5) is 22.5. The van der Waals surface area contributed by atoms with Crippen LogP contribution in [0.1, 0.15) is 27.9 Å². The molecule has 2 aromatic rings. The van der Waals surface area contributed by atoms with Crippen LogP contribution in [0.2, 0.25) is 0 Å². The smallest absolute Gasteiger partial charge is 0.256 e. The molecular weight excluding hydrogens is 391 g/mol. The van der Waals surface area contributed by atoms with Crippen molar-refractivity contribution in [3.05, 3.63) is 65.0 Å². The molecule has 0 bridgehead atoms. The minimum Gasteiger partial charge on any atom is -0.369 e. The fourth-order valence-electron chi connectivity index (χ4n) is 5.22. The van der Waals surface area contributed by atoms with Crippen LogP contribution in [0.25, 0.3) is 0 Å². The number of hydrogen-bond acceptors (Lipinski definition) is 4. The quantitative estimate of drug-likeness (QED) is 0.741. The summed E-state index contributed by atoms with van der Waals surface area (Å²) in [5.74, 6) is 0.0202. The van der Waals surface area contributed by atoms with Gasteiger partial charge in [-0.3, -0.25) is 9.69 Å². The topological polar surface area (TPSA) is 30.0 Å². The van der Waals surface area contributed by atoms with E-state index in [0.29, 0.717) is 0 Å². The van der Waals surface area contributed by atoms with Crippen molar-refractivity contribution in [2.24, 2.45) is 0 Å². The van der Waals surface area contributed by atoms with Gasteiger partial charge in [0.15, 0.2) is 0 Å². The maximum Gasteiger partial charge on any atom is 0.256 e. The molecule has 3 aliphatic heterocycles. The third-order valence-electron chi connectivity index (χ3n) is 6.91. The third-order valence-corrected chi connectivity index (χ3v) is 6.91. The van der Waals surface area contributed by atoms with Gasteiger partial charge in [0, 0.05) is 52.4 Å². The molecule has 0 saturated carbocycles. The van der Waals surface area contributed by atoms with Gasteiger partial charge < -0.3 is 14.7 Å². The van der Waals surface area contributed by atoms with Crippen LogP contribution in [0.5, 0.6) is 0 Å². The van der Waals surface area contributed by atoms with Crippen LogP contribution >= 0.6 is 0 Å². The third kappa shape index (κ3) is 4.46. The molecule has 1 amide bonds. The number of nitrogens with zero attached hydrogens (tertiary/aromatic N) is 4. The van der Waals surface area contributed by atoms with E-state index in [2.05, 4.69) is 20.8 Å². The SMILES string of the molecule is O=C1c2cccc3c2N(CC3)CCN1CCN1CCCN(Cc2cccc(F)c2)CC1. The number of rotatable bonds is 5. The van der Waals surface area contributed by atoms with Crippen molar-refractivity contribution in [3.63, 3.8) is 0 Å². The first kappa shape index (κ1) is 20.5. The molecule has 6 heteroatoms. The Kier molecular flexibility index (Phi) is 5.92. The summed E-state index contributed by atoms with van der Waals surface area (Å²) >= 11 is 0. The Morgan fingerprint density at radius 2 is 1.68 bits per heavy atom. The molecule has 0 aliphatic carbocycles. The fourth-order valence-corrected chi connectivity index (χ4v) is 5.22. The Morgan fingerprint density at radius 1 is 0.839 bits per heavy atom. The summed E-state index contributed by atoms with van der Waals surface area (Å²) in [6.45, 7) is 9.29. The minimum atomic E-state index is -0.164. The second kappa shape index (κ2) is 8.97. The van der Waals surface area contributed by atoms with Crippen molar-refractivity contribution in [1.29, 1.82) is 0 Å². The van der Waals surface area contributed by atoms with Crippen LogP contribution in [0.4, 0.5) is 10.1 Å². The van der Waals surface area contributed by atoms with Crippen molar-refractivity contribution < 1.29 is 9.18 Å². The lowest BCUT2D eigenvalue weighted by Gasteiger charge is -2.26. The van der Waals surface area contributed by atoms with E-state index in [1.54, 1.807) is 12.1 Å². The number of hydrogen-bond donors (Lipinski definition) is 0. The molecule has 31 heavy (non-hydrogen) atoms. The summed E-state index contributed by atoms with van der Waals surface area (Å²) in [6.07, 6.45) is 2.15. The molecule has 0 aromatic heterocycles. The maximum absolute atomic E-state index is 13.5. The van der Waals surface area contributed by atoms with Crippen LogP contribution in [-0.4, -0.2) is 79.5 Å². The normalized spacial score (nSPS) is 20.0. The summed E-state index contributed by atoms with van der Waals surface area (Å²) in [7, 11) is 0. The van der Waals surface area contributed by atoms with Crippen molar-refractivity contribution in [1.82, 2.24) is 14.7 Å². The average Bonchev–Trinajstić information content (AvgIpc) is 2.98. The largest absolute Gasteiger partial charge is 0.369 e. The molecule has 0 N–H and O–H groups in total. The minimum absolute atomic E-state index is 0.164. The van der Waals surface area contributed by atoms with Crippen molar-refractivity contribution in [2.75, 3.05) is 63.8 Å². The summed E-state index contributed by atoms with van der Waals surface area (Å²) in [5.41, 5.74) is 4.41. The van der Waals surface area contributed by atoms with Crippen LogP contribution in [0, 0.1) is 5.82 Å². The molecule has 1 saturated heterocycles. The zero-order chi connectivity index (χ0) is 21.2. The number of anilines is 1. The number of carbonyl (C=O) groups is 1. The number of amides is 1. The number of para-hydroxylation sites is 1. The monoisotopic (exact) mass is 422 g/mol. The van der Waals surface area contributed by atoms with Crippen LogP contribution < -0.4 is 4.90 Å². The van der Waals surface area contributed by atoms with E-state index < -0.39 is 0 Å². The van der Waals surface area contributed by atoms with E-state index in [1.807, 2.05) is 23.1 Å². The number of carbonyl (C=O) groups excluding carboxylic acids is 1. The van der Waals surface area contributed by atoms with Crippen molar-refractivity contribution >= 4 is 11.6 Å². The molecule has 2 aromatic carbocycles. The fraction of sp³-hybridized carbons (Fsp3) is 0.480. The molecule has 1 fully saturated rings.